The van der Waals surface area contributed by atoms with Crippen LogP contribution in [0.3, 0.4) is 0 Å². The molecular weight excluding hydrogens is 335 g/mol. The first-order valence-corrected chi connectivity index (χ1v) is 6.40. The average Bonchev–Trinajstić information content (AvgIpc) is 2.39. The molecule has 0 saturated heterocycles. The predicted octanol–water partition coefficient (Wildman–Crippen LogP) is 4.43. The Balaban J connectivity index is 2.27. The minimum absolute atomic E-state index is 0.0239. The topological polar surface area (TPSA) is 29.1 Å². The van der Waals surface area contributed by atoms with E-state index < -0.39 is 23.4 Å². The van der Waals surface area contributed by atoms with Gasteiger partial charge in [0.15, 0.2) is 0 Å². The number of benzene rings is 2. The summed E-state index contributed by atoms with van der Waals surface area (Å²) in [7, 11) is 0. The van der Waals surface area contributed by atoms with Crippen molar-refractivity contribution in [3.63, 3.8) is 0 Å². The molecule has 2 aromatic carbocycles. The van der Waals surface area contributed by atoms with Crippen LogP contribution in [0.25, 0.3) is 0 Å². The number of rotatable bonds is 2. The highest BCUT2D eigenvalue weighted by atomic mass is 79.9. The van der Waals surface area contributed by atoms with Crippen LogP contribution in [0.5, 0.6) is 0 Å². The molecule has 0 aliphatic carbocycles. The molecule has 0 fully saturated rings. The van der Waals surface area contributed by atoms with Gasteiger partial charge in [-0.2, -0.15) is 0 Å². The van der Waals surface area contributed by atoms with Crippen LogP contribution in [0.4, 0.5) is 18.9 Å². The lowest BCUT2D eigenvalue weighted by Gasteiger charge is -2.08. The molecule has 0 bridgehead atoms. The maximum absolute atomic E-state index is 13.6. The predicted molar refractivity (Wildman–Crippen MR) is 73.1 cm³/mol. The number of anilines is 1. The van der Waals surface area contributed by atoms with E-state index in [0.717, 1.165) is 18.2 Å². The van der Waals surface area contributed by atoms with Gasteiger partial charge in [0.05, 0.1) is 10.2 Å². The summed E-state index contributed by atoms with van der Waals surface area (Å²) >= 11 is 2.83. The molecule has 2 aromatic rings. The maximum Gasteiger partial charge on any atom is 0.255 e. The molecule has 0 aliphatic rings. The van der Waals surface area contributed by atoms with E-state index in [4.69, 9.17) is 0 Å². The summed E-state index contributed by atoms with van der Waals surface area (Å²) in [6, 6.07) is 5.63. The van der Waals surface area contributed by atoms with E-state index in [1.807, 2.05) is 0 Å². The SMILES string of the molecule is Cc1ccc(C(=O)Nc2cc(F)c(Br)cc2F)cc1F. The molecule has 0 saturated carbocycles. The van der Waals surface area contributed by atoms with Crippen LogP contribution in [-0.4, -0.2) is 5.91 Å². The number of hydrogen-bond donors (Lipinski definition) is 1. The third-order valence-corrected chi connectivity index (χ3v) is 3.30. The second-order valence-electron chi connectivity index (χ2n) is 4.16. The molecule has 0 spiro atoms. The van der Waals surface area contributed by atoms with Crippen LogP contribution in [-0.2, 0) is 0 Å². The van der Waals surface area contributed by atoms with Gasteiger partial charge in [-0.25, -0.2) is 13.2 Å². The fourth-order valence-electron chi connectivity index (χ4n) is 1.55. The van der Waals surface area contributed by atoms with E-state index >= 15 is 0 Å². The second kappa shape index (κ2) is 5.66. The van der Waals surface area contributed by atoms with Crippen molar-refractivity contribution in [1.82, 2.24) is 0 Å². The second-order valence-corrected chi connectivity index (χ2v) is 5.02. The quantitative estimate of drug-likeness (QED) is 0.803. The van der Waals surface area contributed by atoms with Crippen molar-refractivity contribution in [3.05, 3.63) is 63.4 Å². The molecule has 2 nitrogen and oxygen atoms in total. The van der Waals surface area contributed by atoms with E-state index in [2.05, 4.69) is 21.2 Å². The Labute approximate surface area is 121 Å². The third-order valence-electron chi connectivity index (χ3n) is 2.69. The molecule has 104 valence electrons. The Morgan fingerprint density at radius 3 is 2.40 bits per heavy atom. The fraction of sp³-hybridized carbons (Fsp3) is 0.0714. The van der Waals surface area contributed by atoms with Gasteiger partial charge < -0.3 is 5.32 Å². The molecule has 2 rings (SSSR count). The number of carbonyl (C=O) groups excluding carboxylic acids is 1. The Kier molecular flexibility index (Phi) is 4.13. The van der Waals surface area contributed by atoms with Crippen molar-refractivity contribution >= 4 is 27.5 Å². The summed E-state index contributed by atoms with van der Waals surface area (Å²) < 4.78 is 40.2. The standard InChI is InChI=1S/C14H9BrF3NO/c1-7-2-3-8(4-10(7)16)14(20)19-13-6-11(17)9(15)5-12(13)18/h2-6H,1H3,(H,19,20). The van der Waals surface area contributed by atoms with E-state index in [-0.39, 0.29) is 15.7 Å². The monoisotopic (exact) mass is 343 g/mol. The third kappa shape index (κ3) is 3.01. The lowest BCUT2D eigenvalue weighted by Crippen LogP contribution is -2.13. The molecular formula is C14H9BrF3NO. The van der Waals surface area contributed by atoms with E-state index in [0.29, 0.717) is 5.56 Å². The summed E-state index contributed by atoms with van der Waals surface area (Å²) in [5.41, 5.74) is 0.106. The van der Waals surface area contributed by atoms with E-state index in [1.54, 1.807) is 6.92 Å². The van der Waals surface area contributed by atoms with Gasteiger partial charge in [0.2, 0.25) is 0 Å². The van der Waals surface area contributed by atoms with E-state index in [1.165, 1.54) is 12.1 Å². The van der Waals surface area contributed by atoms with Crippen molar-refractivity contribution in [2.75, 3.05) is 5.32 Å². The largest absolute Gasteiger partial charge is 0.319 e. The maximum atomic E-state index is 13.6. The lowest BCUT2D eigenvalue weighted by atomic mass is 10.1. The van der Waals surface area contributed by atoms with Crippen LogP contribution in [0, 0.1) is 24.4 Å². The molecule has 1 amide bonds. The van der Waals surface area contributed by atoms with Gasteiger partial charge in [0.25, 0.3) is 5.91 Å². The van der Waals surface area contributed by atoms with Crippen LogP contribution >= 0.6 is 15.9 Å². The van der Waals surface area contributed by atoms with Crippen molar-refractivity contribution in [1.29, 1.82) is 0 Å². The van der Waals surface area contributed by atoms with Crippen molar-refractivity contribution in [3.8, 4) is 0 Å². The van der Waals surface area contributed by atoms with Crippen LogP contribution in [0.15, 0.2) is 34.8 Å². The average molecular weight is 344 g/mol. The summed E-state index contributed by atoms with van der Waals surface area (Å²) in [6.07, 6.45) is 0. The van der Waals surface area contributed by atoms with E-state index in [9.17, 15) is 18.0 Å². The molecule has 0 aromatic heterocycles. The molecule has 0 heterocycles. The van der Waals surface area contributed by atoms with Gasteiger partial charge in [0.1, 0.15) is 17.5 Å². The first-order valence-electron chi connectivity index (χ1n) is 5.60. The zero-order valence-electron chi connectivity index (χ0n) is 10.3. The summed E-state index contributed by atoms with van der Waals surface area (Å²) in [5, 5.41) is 2.20. The van der Waals surface area contributed by atoms with Gasteiger partial charge in [-0.15, -0.1) is 0 Å². The fourth-order valence-corrected chi connectivity index (χ4v) is 1.86. The highest BCUT2D eigenvalue weighted by Crippen LogP contribution is 2.24. The number of carbonyl (C=O) groups is 1. The van der Waals surface area contributed by atoms with Crippen LogP contribution in [0.2, 0.25) is 0 Å². The Hall–Kier alpha value is -1.82. The summed E-state index contributed by atoms with van der Waals surface area (Å²) in [4.78, 5) is 11.8. The lowest BCUT2D eigenvalue weighted by molar-refractivity contribution is 0.102. The number of amides is 1. The van der Waals surface area contributed by atoms with Crippen LogP contribution < -0.4 is 5.32 Å². The molecule has 0 atom stereocenters. The number of nitrogens with one attached hydrogen (secondary N) is 1. The van der Waals surface area contributed by atoms with Crippen LogP contribution in [0.1, 0.15) is 15.9 Å². The number of aryl methyl sites for hydroxylation is 1. The van der Waals surface area contributed by atoms with Gasteiger partial charge in [0, 0.05) is 11.6 Å². The van der Waals surface area contributed by atoms with Crippen molar-refractivity contribution in [2.24, 2.45) is 0 Å². The molecule has 0 radical (unpaired) electrons. The van der Waals surface area contributed by atoms with Crippen molar-refractivity contribution in [2.45, 2.75) is 6.92 Å². The molecule has 1 N–H and O–H groups in total. The Bertz CT molecular complexity index is 688. The minimum atomic E-state index is -0.792. The molecule has 20 heavy (non-hydrogen) atoms. The van der Waals surface area contributed by atoms with Gasteiger partial charge in [-0.3, -0.25) is 4.79 Å². The summed E-state index contributed by atoms with van der Waals surface area (Å²) in [5.74, 6) is -2.76. The Morgan fingerprint density at radius 2 is 1.75 bits per heavy atom. The minimum Gasteiger partial charge on any atom is -0.319 e. The van der Waals surface area contributed by atoms with Gasteiger partial charge in [-0.1, -0.05) is 6.07 Å². The first kappa shape index (κ1) is 14.6. The smallest absolute Gasteiger partial charge is 0.255 e. The zero-order valence-corrected chi connectivity index (χ0v) is 11.9. The van der Waals surface area contributed by atoms with Gasteiger partial charge in [-0.05, 0) is 46.6 Å². The first-order chi connectivity index (χ1) is 9.38. The van der Waals surface area contributed by atoms with Crippen molar-refractivity contribution < 1.29 is 18.0 Å². The molecule has 6 heteroatoms. The zero-order chi connectivity index (χ0) is 14.9. The Morgan fingerprint density at radius 1 is 1.05 bits per heavy atom. The summed E-state index contributed by atoms with van der Waals surface area (Å²) in [6.45, 7) is 1.56. The molecule has 0 unspecified atom stereocenters. The highest BCUT2D eigenvalue weighted by Gasteiger charge is 2.13. The molecule has 0 aliphatic heterocycles. The number of halogens is 4. The van der Waals surface area contributed by atoms with Gasteiger partial charge >= 0.3 is 0 Å². The normalized spacial score (nSPS) is 10.4. The highest BCUT2D eigenvalue weighted by molar-refractivity contribution is 9.10. The number of hydrogen-bond acceptors (Lipinski definition) is 1.